The normalized spacial score (nSPS) is 15.7. The molecule has 1 N–H and O–H groups in total. The first kappa shape index (κ1) is 22.2. The molecule has 0 spiro atoms. The molecule has 10 heteroatoms. The van der Waals surface area contributed by atoms with Crippen molar-refractivity contribution in [1.29, 1.82) is 0 Å². The van der Waals surface area contributed by atoms with Crippen LogP contribution in [0.3, 0.4) is 0 Å². The fraction of sp³-hybridized carbons (Fsp3) is 0.409. The van der Waals surface area contributed by atoms with Gasteiger partial charge in [-0.15, -0.1) is 10.2 Å². The van der Waals surface area contributed by atoms with E-state index in [1.807, 2.05) is 17.6 Å². The van der Waals surface area contributed by atoms with E-state index < -0.39 is 0 Å². The number of hydrogen-bond donors (Lipinski definition) is 1. The molecule has 0 bridgehead atoms. The maximum Gasteiger partial charge on any atom is 0.234 e. The van der Waals surface area contributed by atoms with Crippen molar-refractivity contribution in [2.45, 2.75) is 37.6 Å². The molecule has 1 fully saturated rings. The summed E-state index contributed by atoms with van der Waals surface area (Å²) >= 11 is 1.33. The van der Waals surface area contributed by atoms with Crippen molar-refractivity contribution in [1.82, 2.24) is 14.8 Å². The van der Waals surface area contributed by atoms with Crippen LogP contribution in [0.2, 0.25) is 0 Å². The zero-order valence-electron chi connectivity index (χ0n) is 18.3. The third kappa shape index (κ3) is 4.91. The predicted molar refractivity (Wildman–Crippen MR) is 120 cm³/mol. The average Bonchev–Trinajstić information content (AvgIpc) is 3.55. The van der Waals surface area contributed by atoms with Crippen LogP contribution in [-0.2, 0) is 16.1 Å². The number of furan rings is 1. The van der Waals surface area contributed by atoms with Gasteiger partial charge in [0.25, 0.3) is 0 Å². The van der Waals surface area contributed by atoms with Crippen LogP contribution in [0.25, 0.3) is 11.4 Å². The lowest BCUT2D eigenvalue weighted by atomic mass is 10.2. The first-order chi connectivity index (χ1) is 15.6. The minimum atomic E-state index is -0.175. The first-order valence-electron chi connectivity index (χ1n) is 10.3. The van der Waals surface area contributed by atoms with Gasteiger partial charge in [0.2, 0.25) is 5.91 Å². The Bertz CT molecular complexity index is 1070. The van der Waals surface area contributed by atoms with Crippen LogP contribution in [0.15, 0.2) is 40.1 Å². The third-order valence-electron chi connectivity index (χ3n) is 5.24. The van der Waals surface area contributed by atoms with Crippen LogP contribution in [0.1, 0.15) is 18.6 Å². The van der Waals surface area contributed by atoms with E-state index in [1.54, 1.807) is 38.7 Å². The molecule has 1 saturated heterocycles. The van der Waals surface area contributed by atoms with E-state index in [9.17, 15) is 4.79 Å². The van der Waals surface area contributed by atoms with Crippen LogP contribution < -0.4 is 14.8 Å². The summed E-state index contributed by atoms with van der Waals surface area (Å²) in [7, 11) is 3.13. The minimum absolute atomic E-state index is 0.105. The van der Waals surface area contributed by atoms with Crippen molar-refractivity contribution in [3.05, 3.63) is 36.3 Å². The molecular weight excluding hydrogens is 432 g/mol. The van der Waals surface area contributed by atoms with E-state index in [0.29, 0.717) is 34.7 Å². The van der Waals surface area contributed by atoms with Crippen molar-refractivity contribution in [3.63, 3.8) is 0 Å². The molecule has 1 aliphatic rings. The van der Waals surface area contributed by atoms with E-state index in [-0.39, 0.29) is 17.8 Å². The Morgan fingerprint density at radius 1 is 1.28 bits per heavy atom. The largest absolute Gasteiger partial charge is 0.497 e. The highest BCUT2D eigenvalue weighted by atomic mass is 32.2. The number of rotatable bonds is 9. The molecule has 3 heterocycles. The highest BCUT2D eigenvalue weighted by Gasteiger charge is 2.23. The number of nitrogens with zero attached hydrogens (tertiary/aromatic N) is 3. The van der Waals surface area contributed by atoms with Gasteiger partial charge >= 0.3 is 0 Å². The fourth-order valence-corrected chi connectivity index (χ4v) is 4.33. The summed E-state index contributed by atoms with van der Waals surface area (Å²) in [6.45, 7) is 3.29. The van der Waals surface area contributed by atoms with Crippen LogP contribution in [0, 0.1) is 6.92 Å². The minimum Gasteiger partial charge on any atom is -0.497 e. The first-order valence-corrected chi connectivity index (χ1v) is 11.3. The Morgan fingerprint density at radius 2 is 2.16 bits per heavy atom. The number of methoxy groups -OCH3 is 2. The number of nitrogens with one attached hydrogen (secondary N) is 1. The quantitative estimate of drug-likeness (QED) is 0.484. The van der Waals surface area contributed by atoms with Gasteiger partial charge in [-0.05, 0) is 38.0 Å². The van der Waals surface area contributed by atoms with Crippen molar-refractivity contribution in [2.24, 2.45) is 0 Å². The number of thioether (sulfide) groups is 1. The Balaban J connectivity index is 1.48. The Labute approximate surface area is 190 Å². The lowest BCUT2D eigenvalue weighted by Gasteiger charge is -2.15. The highest BCUT2D eigenvalue weighted by Crippen LogP contribution is 2.31. The zero-order chi connectivity index (χ0) is 22.5. The molecule has 1 aliphatic heterocycles. The lowest BCUT2D eigenvalue weighted by molar-refractivity contribution is -0.113. The second-order valence-corrected chi connectivity index (χ2v) is 8.29. The molecule has 32 heavy (non-hydrogen) atoms. The molecule has 2 aromatic heterocycles. The number of carbonyl (C=O) groups excluding carboxylic acids is 1. The second kappa shape index (κ2) is 10.1. The number of aryl methyl sites for hydroxylation is 1. The van der Waals surface area contributed by atoms with E-state index in [0.717, 1.165) is 30.8 Å². The molecule has 1 amide bonds. The second-order valence-electron chi connectivity index (χ2n) is 7.35. The molecule has 170 valence electrons. The van der Waals surface area contributed by atoms with Gasteiger partial charge in [0.1, 0.15) is 17.3 Å². The molecule has 3 aromatic rings. The van der Waals surface area contributed by atoms with E-state index in [1.165, 1.54) is 11.8 Å². The summed E-state index contributed by atoms with van der Waals surface area (Å²) in [6.07, 6.45) is 3.78. The zero-order valence-corrected chi connectivity index (χ0v) is 19.1. The molecule has 9 nitrogen and oxygen atoms in total. The van der Waals surface area contributed by atoms with Crippen molar-refractivity contribution < 1.29 is 23.4 Å². The fourth-order valence-electron chi connectivity index (χ4n) is 3.59. The van der Waals surface area contributed by atoms with E-state index in [4.69, 9.17) is 18.6 Å². The molecular formula is C22H26N4O5S. The van der Waals surface area contributed by atoms with Gasteiger partial charge in [0.15, 0.2) is 11.0 Å². The molecule has 1 aromatic carbocycles. The van der Waals surface area contributed by atoms with Crippen molar-refractivity contribution in [2.75, 3.05) is 31.9 Å². The number of carbonyl (C=O) groups is 1. The lowest BCUT2D eigenvalue weighted by Crippen LogP contribution is -2.18. The number of aromatic nitrogens is 3. The predicted octanol–water partition coefficient (Wildman–Crippen LogP) is 3.77. The Hall–Kier alpha value is -2.98. The van der Waals surface area contributed by atoms with Gasteiger partial charge in [0, 0.05) is 12.7 Å². The smallest absolute Gasteiger partial charge is 0.234 e. The highest BCUT2D eigenvalue weighted by molar-refractivity contribution is 7.99. The molecule has 1 atom stereocenters. The van der Waals surface area contributed by atoms with E-state index in [2.05, 4.69) is 15.5 Å². The van der Waals surface area contributed by atoms with Gasteiger partial charge < -0.3 is 23.9 Å². The van der Waals surface area contributed by atoms with Crippen molar-refractivity contribution in [3.8, 4) is 22.9 Å². The molecule has 0 saturated carbocycles. The number of ether oxygens (including phenoxy) is 3. The maximum atomic E-state index is 12.6. The summed E-state index contributed by atoms with van der Waals surface area (Å²) < 4.78 is 23.8. The number of hydrogen-bond acceptors (Lipinski definition) is 8. The monoisotopic (exact) mass is 458 g/mol. The summed E-state index contributed by atoms with van der Waals surface area (Å²) in [5, 5.41) is 12.3. The molecule has 0 radical (unpaired) electrons. The van der Waals surface area contributed by atoms with Gasteiger partial charge in [0.05, 0.1) is 50.1 Å². The van der Waals surface area contributed by atoms with Crippen molar-refractivity contribution >= 4 is 23.4 Å². The van der Waals surface area contributed by atoms with Crippen LogP contribution in [0.4, 0.5) is 5.69 Å². The summed E-state index contributed by atoms with van der Waals surface area (Å²) in [5.74, 6) is 2.66. The summed E-state index contributed by atoms with van der Waals surface area (Å²) in [5.41, 5.74) is 1.46. The average molecular weight is 459 g/mol. The van der Waals surface area contributed by atoms with E-state index >= 15 is 0 Å². The van der Waals surface area contributed by atoms with Crippen LogP contribution >= 0.6 is 11.8 Å². The Kier molecular flexibility index (Phi) is 7.01. The summed E-state index contributed by atoms with van der Waals surface area (Å²) in [4.78, 5) is 12.6. The molecule has 1 unspecified atom stereocenters. The van der Waals surface area contributed by atoms with Gasteiger partial charge in [-0.25, -0.2) is 0 Å². The van der Waals surface area contributed by atoms with Crippen LogP contribution in [0.5, 0.6) is 11.5 Å². The standard InChI is InChI=1S/C22H26N4O5S/c1-14-17(8-10-30-14)21-24-25-22(26(21)12-16-5-4-9-31-16)32-13-20(27)23-18-7-6-15(28-2)11-19(18)29-3/h6-8,10-11,16H,4-5,9,12-13H2,1-3H3,(H,23,27). The van der Waals surface area contributed by atoms with Gasteiger partial charge in [-0.2, -0.15) is 0 Å². The topological polar surface area (TPSA) is 101 Å². The Morgan fingerprint density at radius 3 is 2.84 bits per heavy atom. The maximum absolute atomic E-state index is 12.6. The number of amides is 1. The molecule has 4 rings (SSSR count). The molecule has 0 aliphatic carbocycles. The van der Waals surface area contributed by atoms with Gasteiger partial charge in [-0.3, -0.25) is 9.36 Å². The number of benzene rings is 1. The van der Waals surface area contributed by atoms with Gasteiger partial charge in [-0.1, -0.05) is 11.8 Å². The summed E-state index contributed by atoms with van der Waals surface area (Å²) in [6, 6.07) is 7.12. The van der Waals surface area contributed by atoms with Crippen LogP contribution in [-0.4, -0.2) is 53.4 Å². The SMILES string of the molecule is COc1ccc(NC(=O)CSc2nnc(-c3ccoc3C)n2CC2CCCO2)c(OC)c1. The third-order valence-corrected chi connectivity index (χ3v) is 6.21. The number of anilines is 1.